The number of halogens is 1. The van der Waals surface area contributed by atoms with Crippen LogP contribution in [0.15, 0.2) is 91.3 Å². The maximum absolute atomic E-state index is 14.1. The zero-order valence-electron chi connectivity index (χ0n) is 21.1. The summed E-state index contributed by atoms with van der Waals surface area (Å²) in [6.45, 7) is 0. The van der Waals surface area contributed by atoms with E-state index in [1.165, 1.54) is 12.1 Å². The number of fused-ring (bicyclic) bond motifs is 2. The molecule has 0 fully saturated rings. The number of hydrogen-bond donors (Lipinski definition) is 1. The highest BCUT2D eigenvalue weighted by Crippen LogP contribution is 2.36. The summed E-state index contributed by atoms with van der Waals surface area (Å²) in [6, 6.07) is 23.1. The van der Waals surface area contributed by atoms with Gasteiger partial charge in [0, 0.05) is 40.4 Å². The lowest BCUT2D eigenvalue weighted by molar-refractivity contribution is 0.413. The van der Waals surface area contributed by atoms with E-state index in [0.717, 1.165) is 16.5 Å². The largest absolute Gasteiger partial charge is 0.496 e. The summed E-state index contributed by atoms with van der Waals surface area (Å²) in [7, 11) is 3.13. The molecule has 3 heterocycles. The Morgan fingerprint density at radius 2 is 1.56 bits per heavy atom. The van der Waals surface area contributed by atoms with E-state index in [-0.39, 0.29) is 5.82 Å². The second kappa shape index (κ2) is 10.2. The van der Waals surface area contributed by atoms with Crippen molar-refractivity contribution < 1.29 is 18.6 Å². The van der Waals surface area contributed by atoms with Gasteiger partial charge in [-0.1, -0.05) is 24.3 Å². The molecule has 0 saturated carbocycles. The molecular formula is C30H22FN5O3. The second-order valence-electron chi connectivity index (χ2n) is 8.59. The second-order valence-corrected chi connectivity index (χ2v) is 8.59. The number of rotatable bonds is 7. The third-order valence-electron chi connectivity index (χ3n) is 6.20. The molecule has 0 unspecified atom stereocenters. The lowest BCUT2D eigenvalue weighted by atomic mass is 10.0. The van der Waals surface area contributed by atoms with Gasteiger partial charge in [-0.2, -0.15) is 0 Å². The van der Waals surface area contributed by atoms with Gasteiger partial charge in [0.05, 0.1) is 25.9 Å². The van der Waals surface area contributed by atoms with E-state index in [1.807, 2.05) is 54.6 Å². The van der Waals surface area contributed by atoms with Crippen LogP contribution in [-0.2, 0) is 0 Å². The van der Waals surface area contributed by atoms with Crippen LogP contribution in [0.25, 0.3) is 33.1 Å². The molecule has 0 amide bonds. The van der Waals surface area contributed by atoms with Crippen LogP contribution < -0.4 is 19.5 Å². The standard InChI is InChI=1S/C30H22FN5O3/c1-37-21-16-25-29(33-17-21)27(13-14-32-25)39-20-10-8-19(9-11-20)34-30-23-6-4-3-5-22(23)28(35-36-30)24-15-18(31)7-12-26(24)38-2/h3-17H,1-2H3,(H,34,36). The van der Waals surface area contributed by atoms with Gasteiger partial charge in [-0.05, 0) is 42.5 Å². The van der Waals surface area contributed by atoms with Crippen LogP contribution in [0, 0.1) is 5.82 Å². The van der Waals surface area contributed by atoms with E-state index < -0.39 is 0 Å². The number of pyridine rings is 2. The summed E-state index contributed by atoms with van der Waals surface area (Å²) >= 11 is 0. The SMILES string of the molecule is COc1cnc2c(Oc3ccc(Nc4nnc(-c5cc(F)ccc5OC)c5ccccc45)cc3)ccnc2c1. The van der Waals surface area contributed by atoms with E-state index in [4.69, 9.17) is 14.2 Å². The molecule has 9 heteroatoms. The lowest BCUT2D eigenvalue weighted by Crippen LogP contribution is -2.00. The molecule has 6 aromatic rings. The zero-order valence-corrected chi connectivity index (χ0v) is 21.1. The fourth-order valence-electron chi connectivity index (χ4n) is 4.31. The molecule has 0 aliphatic rings. The predicted octanol–water partition coefficient (Wildman–Crippen LogP) is 6.93. The van der Waals surface area contributed by atoms with E-state index in [0.29, 0.717) is 51.1 Å². The van der Waals surface area contributed by atoms with Gasteiger partial charge in [-0.25, -0.2) is 9.37 Å². The van der Waals surface area contributed by atoms with Gasteiger partial charge in [0.25, 0.3) is 0 Å². The van der Waals surface area contributed by atoms with Crippen LogP contribution in [0.1, 0.15) is 0 Å². The zero-order chi connectivity index (χ0) is 26.8. The molecule has 6 rings (SSSR count). The quantitative estimate of drug-likeness (QED) is 0.243. The van der Waals surface area contributed by atoms with Crippen LogP contribution in [0.5, 0.6) is 23.0 Å². The normalized spacial score (nSPS) is 10.9. The number of nitrogens with zero attached hydrogens (tertiary/aromatic N) is 4. The highest BCUT2D eigenvalue weighted by atomic mass is 19.1. The first-order valence-electron chi connectivity index (χ1n) is 12.1. The number of ether oxygens (including phenoxy) is 3. The summed E-state index contributed by atoms with van der Waals surface area (Å²) < 4.78 is 30.8. The van der Waals surface area contributed by atoms with Gasteiger partial charge in [0.15, 0.2) is 11.6 Å². The Labute approximate surface area is 223 Å². The third kappa shape index (κ3) is 4.73. The summed E-state index contributed by atoms with van der Waals surface area (Å²) in [6.07, 6.45) is 3.30. The first kappa shape index (κ1) is 24.1. The highest BCUT2D eigenvalue weighted by Gasteiger charge is 2.16. The summed E-state index contributed by atoms with van der Waals surface area (Å²) in [5.41, 5.74) is 3.17. The fourth-order valence-corrected chi connectivity index (χ4v) is 4.31. The number of benzene rings is 3. The van der Waals surface area contributed by atoms with Crippen molar-refractivity contribution in [2.75, 3.05) is 19.5 Å². The van der Waals surface area contributed by atoms with Crippen molar-refractivity contribution in [1.29, 1.82) is 0 Å². The van der Waals surface area contributed by atoms with Crippen molar-refractivity contribution in [3.8, 4) is 34.3 Å². The molecule has 0 saturated heterocycles. The maximum atomic E-state index is 14.1. The predicted molar refractivity (Wildman–Crippen MR) is 147 cm³/mol. The molecule has 0 aliphatic heterocycles. The van der Waals surface area contributed by atoms with Crippen LogP contribution in [0.4, 0.5) is 15.9 Å². The van der Waals surface area contributed by atoms with E-state index in [2.05, 4.69) is 25.5 Å². The summed E-state index contributed by atoms with van der Waals surface area (Å²) in [5, 5.41) is 13.8. The van der Waals surface area contributed by atoms with Crippen LogP contribution in [-0.4, -0.2) is 34.4 Å². The number of methoxy groups -OCH3 is 2. The average Bonchev–Trinajstić information content (AvgIpc) is 2.98. The monoisotopic (exact) mass is 519 g/mol. The molecule has 1 N–H and O–H groups in total. The van der Waals surface area contributed by atoms with Crippen molar-refractivity contribution in [2.45, 2.75) is 0 Å². The van der Waals surface area contributed by atoms with Crippen molar-refractivity contribution in [1.82, 2.24) is 20.2 Å². The van der Waals surface area contributed by atoms with Crippen LogP contribution >= 0.6 is 0 Å². The van der Waals surface area contributed by atoms with Crippen LogP contribution in [0.3, 0.4) is 0 Å². The first-order chi connectivity index (χ1) is 19.1. The van der Waals surface area contributed by atoms with Gasteiger partial charge in [0.2, 0.25) is 0 Å². The molecule has 192 valence electrons. The minimum absolute atomic E-state index is 0.378. The molecular weight excluding hydrogens is 497 g/mol. The smallest absolute Gasteiger partial charge is 0.161 e. The van der Waals surface area contributed by atoms with Gasteiger partial charge in [-0.15, -0.1) is 10.2 Å². The Morgan fingerprint density at radius 3 is 2.36 bits per heavy atom. The fraction of sp³-hybridized carbons (Fsp3) is 0.0667. The van der Waals surface area contributed by atoms with Crippen LogP contribution in [0.2, 0.25) is 0 Å². The summed E-state index contributed by atoms with van der Waals surface area (Å²) in [5.74, 6) is 2.55. The Hall–Kier alpha value is -5.31. The first-order valence-corrected chi connectivity index (χ1v) is 12.1. The Bertz CT molecular complexity index is 1810. The molecule has 0 radical (unpaired) electrons. The van der Waals surface area contributed by atoms with Crippen molar-refractivity contribution >= 4 is 33.3 Å². The highest BCUT2D eigenvalue weighted by molar-refractivity contribution is 6.01. The van der Waals surface area contributed by atoms with Crippen molar-refractivity contribution in [3.63, 3.8) is 0 Å². The topological polar surface area (TPSA) is 91.3 Å². The van der Waals surface area contributed by atoms with E-state index in [9.17, 15) is 4.39 Å². The van der Waals surface area contributed by atoms with Crippen molar-refractivity contribution in [2.24, 2.45) is 0 Å². The molecule has 3 aromatic heterocycles. The third-order valence-corrected chi connectivity index (χ3v) is 6.20. The molecule has 0 aliphatic carbocycles. The van der Waals surface area contributed by atoms with Crippen molar-refractivity contribution in [3.05, 3.63) is 97.1 Å². The molecule has 39 heavy (non-hydrogen) atoms. The Morgan fingerprint density at radius 1 is 0.744 bits per heavy atom. The molecule has 8 nitrogen and oxygen atoms in total. The Kier molecular flexibility index (Phi) is 6.30. The minimum atomic E-state index is -0.378. The minimum Gasteiger partial charge on any atom is -0.496 e. The van der Waals surface area contributed by atoms with E-state index in [1.54, 1.807) is 38.7 Å². The number of hydrogen-bond acceptors (Lipinski definition) is 8. The summed E-state index contributed by atoms with van der Waals surface area (Å²) in [4.78, 5) is 8.77. The van der Waals surface area contributed by atoms with E-state index >= 15 is 0 Å². The Balaban J connectivity index is 1.28. The maximum Gasteiger partial charge on any atom is 0.161 e. The van der Waals surface area contributed by atoms with Gasteiger partial charge in [0.1, 0.15) is 34.3 Å². The number of aromatic nitrogens is 4. The van der Waals surface area contributed by atoms with Gasteiger partial charge >= 0.3 is 0 Å². The molecule has 3 aromatic carbocycles. The lowest BCUT2D eigenvalue weighted by Gasteiger charge is -2.14. The average molecular weight is 520 g/mol. The molecule has 0 atom stereocenters. The molecule has 0 bridgehead atoms. The van der Waals surface area contributed by atoms with Gasteiger partial charge < -0.3 is 19.5 Å². The number of nitrogens with one attached hydrogen (secondary N) is 1. The molecule has 0 spiro atoms. The number of anilines is 2. The van der Waals surface area contributed by atoms with Gasteiger partial charge in [-0.3, -0.25) is 4.98 Å².